The number of carbonyl (C=O) groups excluding carboxylic acids is 1. The Morgan fingerprint density at radius 1 is 1.45 bits per heavy atom. The Labute approximate surface area is 112 Å². The van der Waals surface area contributed by atoms with Crippen LogP contribution in [-0.2, 0) is 4.74 Å². The molecule has 0 saturated carbocycles. The Hall–Kier alpha value is -1.80. The molecule has 1 saturated heterocycles. The molecule has 1 atom stereocenters. The van der Waals surface area contributed by atoms with E-state index in [1.54, 1.807) is 0 Å². The van der Waals surface area contributed by atoms with Gasteiger partial charge in [0.1, 0.15) is 0 Å². The molecule has 1 unspecified atom stereocenters. The van der Waals surface area contributed by atoms with Gasteiger partial charge in [0, 0.05) is 19.6 Å². The van der Waals surface area contributed by atoms with E-state index >= 15 is 0 Å². The topological polar surface area (TPSA) is 75.8 Å². The number of amides is 1. The lowest BCUT2D eigenvalue weighted by molar-refractivity contribution is -0.0169. The molecule has 0 spiro atoms. The first-order valence-corrected chi connectivity index (χ1v) is 5.93. The van der Waals surface area contributed by atoms with Gasteiger partial charge in [0.05, 0.1) is 18.3 Å². The lowest BCUT2D eigenvalue weighted by Gasteiger charge is -2.32. The summed E-state index contributed by atoms with van der Waals surface area (Å²) in [7, 11) is 0. The van der Waals surface area contributed by atoms with Crippen LogP contribution < -0.4 is 5.73 Å². The molecule has 1 aliphatic heterocycles. The molecule has 2 rings (SSSR count). The van der Waals surface area contributed by atoms with Gasteiger partial charge in [-0.15, -0.1) is 0 Å². The van der Waals surface area contributed by atoms with Gasteiger partial charge in [-0.25, -0.2) is 8.78 Å². The summed E-state index contributed by atoms with van der Waals surface area (Å²) in [5.74, 6) is -7.04. The van der Waals surface area contributed by atoms with Crippen LogP contribution in [0.1, 0.15) is 10.4 Å². The number of halogens is 3. The maximum atomic E-state index is 13.7. The molecule has 1 aliphatic rings. The van der Waals surface area contributed by atoms with Gasteiger partial charge in [0.25, 0.3) is 5.91 Å². The van der Waals surface area contributed by atoms with Crippen LogP contribution in [-0.4, -0.2) is 48.3 Å². The van der Waals surface area contributed by atoms with E-state index in [-0.39, 0.29) is 26.2 Å². The molecule has 1 aromatic carbocycles. The molecule has 1 amide bonds. The van der Waals surface area contributed by atoms with Crippen molar-refractivity contribution in [3.05, 3.63) is 29.1 Å². The van der Waals surface area contributed by atoms with Crippen molar-refractivity contribution in [3.63, 3.8) is 0 Å². The quantitative estimate of drug-likeness (QED) is 0.783. The van der Waals surface area contributed by atoms with E-state index in [0.717, 1.165) is 0 Å². The second-order valence-electron chi connectivity index (χ2n) is 4.36. The molecule has 1 aromatic rings. The van der Waals surface area contributed by atoms with E-state index in [1.165, 1.54) is 4.90 Å². The minimum Gasteiger partial charge on any atom is -0.503 e. The number of morpholine rings is 1. The zero-order valence-electron chi connectivity index (χ0n) is 10.4. The Kier molecular flexibility index (Phi) is 4.15. The fourth-order valence-electron chi connectivity index (χ4n) is 1.96. The van der Waals surface area contributed by atoms with Crippen LogP contribution in [0.25, 0.3) is 0 Å². The van der Waals surface area contributed by atoms with Crippen molar-refractivity contribution in [1.82, 2.24) is 4.90 Å². The average Bonchev–Trinajstić information content (AvgIpc) is 2.48. The lowest BCUT2D eigenvalue weighted by atomic mass is 10.1. The highest BCUT2D eigenvalue weighted by Gasteiger charge is 2.29. The highest BCUT2D eigenvalue weighted by atomic mass is 19.2. The first-order valence-electron chi connectivity index (χ1n) is 5.93. The molecule has 110 valence electrons. The molecule has 0 aliphatic carbocycles. The number of benzene rings is 1. The number of aromatic hydroxyl groups is 1. The third-order valence-electron chi connectivity index (χ3n) is 3.05. The number of nitrogens with two attached hydrogens (primary N) is 1. The van der Waals surface area contributed by atoms with E-state index in [9.17, 15) is 18.0 Å². The number of phenols is 1. The third-order valence-corrected chi connectivity index (χ3v) is 3.05. The summed E-state index contributed by atoms with van der Waals surface area (Å²) in [5.41, 5.74) is 4.69. The van der Waals surface area contributed by atoms with Crippen molar-refractivity contribution in [2.45, 2.75) is 6.10 Å². The van der Waals surface area contributed by atoms with Crippen LogP contribution >= 0.6 is 0 Å². The summed E-state index contributed by atoms with van der Waals surface area (Å²) in [6.07, 6.45) is -0.394. The zero-order chi connectivity index (χ0) is 14.9. The summed E-state index contributed by atoms with van der Waals surface area (Å²) in [5, 5.41) is 9.11. The van der Waals surface area contributed by atoms with Gasteiger partial charge in [0.2, 0.25) is 5.82 Å². The molecule has 0 radical (unpaired) electrons. The number of carbonyl (C=O) groups is 1. The first kappa shape index (κ1) is 14.6. The van der Waals surface area contributed by atoms with E-state index in [1.807, 2.05) is 0 Å². The van der Waals surface area contributed by atoms with Crippen molar-refractivity contribution in [1.29, 1.82) is 0 Å². The monoisotopic (exact) mass is 290 g/mol. The van der Waals surface area contributed by atoms with Gasteiger partial charge in [-0.2, -0.15) is 4.39 Å². The number of hydrogen-bond donors (Lipinski definition) is 2. The smallest absolute Gasteiger partial charge is 0.257 e. The van der Waals surface area contributed by atoms with Gasteiger partial charge in [-0.05, 0) is 6.07 Å². The van der Waals surface area contributed by atoms with Crippen LogP contribution in [0.15, 0.2) is 6.07 Å². The van der Waals surface area contributed by atoms with Gasteiger partial charge in [-0.3, -0.25) is 4.79 Å². The van der Waals surface area contributed by atoms with Crippen LogP contribution in [0.5, 0.6) is 5.75 Å². The molecule has 0 bridgehead atoms. The molecule has 0 aromatic heterocycles. The van der Waals surface area contributed by atoms with Crippen LogP contribution in [0.4, 0.5) is 13.2 Å². The largest absolute Gasteiger partial charge is 0.503 e. The first-order chi connectivity index (χ1) is 9.45. The number of hydrogen-bond acceptors (Lipinski definition) is 4. The summed E-state index contributed by atoms with van der Waals surface area (Å²) in [6, 6.07) is 0.430. The summed E-state index contributed by atoms with van der Waals surface area (Å²) < 4.78 is 45.1. The molecular formula is C12H13F3N2O3. The summed E-state index contributed by atoms with van der Waals surface area (Å²) >= 11 is 0. The Bertz CT molecular complexity index is 539. The third kappa shape index (κ3) is 2.56. The van der Waals surface area contributed by atoms with Gasteiger partial charge in [0.15, 0.2) is 17.4 Å². The maximum Gasteiger partial charge on any atom is 0.257 e. The average molecular weight is 290 g/mol. The molecule has 20 heavy (non-hydrogen) atoms. The van der Waals surface area contributed by atoms with E-state index < -0.39 is 40.8 Å². The normalized spacial score (nSPS) is 19.2. The second kappa shape index (κ2) is 5.68. The van der Waals surface area contributed by atoms with Crippen LogP contribution in [0.3, 0.4) is 0 Å². The number of rotatable bonds is 2. The molecular weight excluding hydrogens is 277 g/mol. The van der Waals surface area contributed by atoms with E-state index in [2.05, 4.69) is 0 Å². The Morgan fingerprint density at radius 2 is 2.15 bits per heavy atom. The van der Waals surface area contributed by atoms with Crippen LogP contribution in [0.2, 0.25) is 0 Å². The Morgan fingerprint density at radius 3 is 2.80 bits per heavy atom. The SMILES string of the molecule is NCC1CN(C(=O)c2cc(F)c(F)c(O)c2F)CCO1. The fourth-order valence-corrected chi connectivity index (χ4v) is 1.96. The highest BCUT2D eigenvalue weighted by Crippen LogP contribution is 2.27. The molecule has 1 fully saturated rings. The molecule has 8 heteroatoms. The minimum absolute atomic E-state index is 0.120. The molecule has 5 nitrogen and oxygen atoms in total. The van der Waals surface area contributed by atoms with Crippen molar-refractivity contribution in [2.24, 2.45) is 5.73 Å². The molecule has 3 N–H and O–H groups in total. The van der Waals surface area contributed by atoms with Crippen molar-refractivity contribution >= 4 is 5.91 Å². The Balaban J connectivity index is 2.29. The predicted octanol–water partition coefficient (Wildman–Crippen LogP) is 0.609. The number of nitrogens with zero attached hydrogens (tertiary/aromatic N) is 1. The van der Waals surface area contributed by atoms with Crippen molar-refractivity contribution in [3.8, 4) is 5.75 Å². The van der Waals surface area contributed by atoms with Crippen molar-refractivity contribution in [2.75, 3.05) is 26.2 Å². The highest BCUT2D eigenvalue weighted by molar-refractivity contribution is 5.95. The second-order valence-corrected chi connectivity index (χ2v) is 4.36. The van der Waals surface area contributed by atoms with Gasteiger partial charge < -0.3 is 20.5 Å². The lowest BCUT2D eigenvalue weighted by Crippen LogP contribution is -2.48. The molecule has 1 heterocycles. The number of phenolic OH excluding ortho intramolecular Hbond substituents is 1. The number of ether oxygens (including phenoxy) is 1. The summed E-state index contributed by atoms with van der Waals surface area (Å²) in [6.45, 7) is 0.684. The maximum absolute atomic E-state index is 13.7. The van der Waals surface area contributed by atoms with Gasteiger partial charge >= 0.3 is 0 Å². The van der Waals surface area contributed by atoms with E-state index in [4.69, 9.17) is 15.6 Å². The fraction of sp³-hybridized carbons (Fsp3) is 0.417. The van der Waals surface area contributed by atoms with E-state index in [0.29, 0.717) is 6.07 Å². The standard InChI is InChI=1S/C12H13F3N2O3/c13-8-3-7(9(14)11(18)10(8)15)12(19)17-1-2-20-6(4-16)5-17/h3,6,18H,1-2,4-5,16H2. The minimum atomic E-state index is -1.72. The van der Waals surface area contributed by atoms with Crippen LogP contribution in [0, 0.1) is 17.5 Å². The van der Waals surface area contributed by atoms with Crippen molar-refractivity contribution < 1.29 is 27.8 Å². The zero-order valence-corrected chi connectivity index (χ0v) is 10.4. The van der Waals surface area contributed by atoms with Gasteiger partial charge in [-0.1, -0.05) is 0 Å². The summed E-state index contributed by atoms with van der Waals surface area (Å²) in [4.78, 5) is 13.3. The predicted molar refractivity (Wildman–Crippen MR) is 62.7 cm³/mol.